The second-order valence-electron chi connectivity index (χ2n) is 5.70. The molecule has 1 aliphatic rings. The Morgan fingerprint density at radius 3 is 2.75 bits per heavy atom. The van der Waals surface area contributed by atoms with Crippen LogP contribution in [0.2, 0.25) is 0 Å². The van der Waals surface area contributed by atoms with Crippen LogP contribution in [0, 0.1) is 12.8 Å². The number of hydrogen-bond acceptors (Lipinski definition) is 3. The average molecular weight is 276 g/mol. The fraction of sp³-hybridized carbons (Fsp3) is 0.562. The Hall–Kier alpha value is -1.55. The lowest BCUT2D eigenvalue weighted by Gasteiger charge is -2.23. The number of hydrogen-bond donors (Lipinski definition) is 1. The van der Waals surface area contributed by atoms with Crippen molar-refractivity contribution in [2.45, 2.75) is 38.8 Å². The first-order valence-corrected chi connectivity index (χ1v) is 7.17. The lowest BCUT2D eigenvalue weighted by Crippen LogP contribution is -2.39. The highest BCUT2D eigenvalue weighted by Crippen LogP contribution is 2.26. The number of nitrogens with zero attached hydrogens (tertiary/aromatic N) is 1. The summed E-state index contributed by atoms with van der Waals surface area (Å²) in [7, 11) is 3.52. The second kappa shape index (κ2) is 6.27. The molecule has 0 heterocycles. The molecule has 2 N–H and O–H groups in total. The van der Waals surface area contributed by atoms with Crippen molar-refractivity contribution in [1.29, 1.82) is 0 Å². The summed E-state index contributed by atoms with van der Waals surface area (Å²) < 4.78 is 5.25. The van der Waals surface area contributed by atoms with Crippen molar-refractivity contribution >= 4 is 5.91 Å². The van der Waals surface area contributed by atoms with Gasteiger partial charge in [-0.25, -0.2) is 0 Å². The Morgan fingerprint density at radius 1 is 1.45 bits per heavy atom. The minimum atomic E-state index is -0.000606. The SMILES string of the molecule is COc1ccc(CN(C)C(=O)[C@@H]2CCC[C@@H]2N)cc1C. The third-order valence-electron chi connectivity index (χ3n) is 4.14. The van der Waals surface area contributed by atoms with Crippen LogP contribution in [-0.2, 0) is 11.3 Å². The maximum atomic E-state index is 12.4. The van der Waals surface area contributed by atoms with Crippen molar-refractivity contribution in [1.82, 2.24) is 4.90 Å². The number of aryl methyl sites for hydroxylation is 1. The van der Waals surface area contributed by atoms with Gasteiger partial charge in [0.1, 0.15) is 5.75 Å². The molecule has 20 heavy (non-hydrogen) atoms. The molecule has 0 bridgehead atoms. The minimum absolute atomic E-state index is 0.000606. The van der Waals surface area contributed by atoms with E-state index in [-0.39, 0.29) is 17.9 Å². The molecule has 0 unspecified atom stereocenters. The number of rotatable bonds is 4. The molecular weight excluding hydrogens is 252 g/mol. The Bertz CT molecular complexity index is 487. The maximum Gasteiger partial charge on any atom is 0.227 e. The van der Waals surface area contributed by atoms with Gasteiger partial charge in [-0.2, -0.15) is 0 Å². The number of ether oxygens (including phenoxy) is 1. The summed E-state index contributed by atoms with van der Waals surface area (Å²) in [6, 6.07) is 6.05. The molecule has 4 nitrogen and oxygen atoms in total. The van der Waals surface area contributed by atoms with E-state index in [1.54, 1.807) is 12.0 Å². The van der Waals surface area contributed by atoms with Gasteiger partial charge in [-0.1, -0.05) is 18.6 Å². The first-order valence-electron chi connectivity index (χ1n) is 7.17. The Kier molecular flexibility index (Phi) is 4.65. The van der Waals surface area contributed by atoms with E-state index in [9.17, 15) is 4.79 Å². The molecular formula is C16H24N2O2. The molecule has 110 valence electrons. The molecule has 1 aromatic rings. The summed E-state index contributed by atoms with van der Waals surface area (Å²) in [6.07, 6.45) is 2.95. The lowest BCUT2D eigenvalue weighted by atomic mass is 10.0. The lowest BCUT2D eigenvalue weighted by molar-refractivity contribution is -0.134. The molecule has 0 saturated heterocycles. The van der Waals surface area contributed by atoms with Crippen molar-refractivity contribution in [2.24, 2.45) is 11.7 Å². The van der Waals surface area contributed by atoms with Gasteiger partial charge in [-0.15, -0.1) is 0 Å². The Morgan fingerprint density at radius 2 is 2.20 bits per heavy atom. The number of amides is 1. The van der Waals surface area contributed by atoms with Gasteiger partial charge in [0.15, 0.2) is 0 Å². The van der Waals surface area contributed by atoms with E-state index in [0.29, 0.717) is 6.54 Å². The largest absolute Gasteiger partial charge is 0.496 e. The average Bonchev–Trinajstić information content (AvgIpc) is 2.84. The molecule has 1 fully saturated rings. The standard InChI is InChI=1S/C16H24N2O2/c1-11-9-12(7-8-15(11)20-3)10-18(2)16(19)13-5-4-6-14(13)17/h7-9,13-14H,4-6,10,17H2,1-3H3/t13-,14+/m1/s1. The predicted octanol–water partition coefficient (Wildman–Crippen LogP) is 2.09. The number of methoxy groups -OCH3 is 1. The Labute approximate surface area is 120 Å². The zero-order chi connectivity index (χ0) is 14.7. The number of carbonyl (C=O) groups excluding carboxylic acids is 1. The fourth-order valence-corrected chi connectivity index (χ4v) is 2.97. The van der Waals surface area contributed by atoms with Gasteiger partial charge in [0.25, 0.3) is 0 Å². The van der Waals surface area contributed by atoms with Crippen LogP contribution in [0.25, 0.3) is 0 Å². The number of nitrogens with two attached hydrogens (primary N) is 1. The van der Waals surface area contributed by atoms with E-state index in [4.69, 9.17) is 10.5 Å². The van der Waals surface area contributed by atoms with Crippen molar-refractivity contribution in [3.8, 4) is 5.75 Å². The van der Waals surface area contributed by atoms with Crippen LogP contribution in [-0.4, -0.2) is 31.0 Å². The predicted molar refractivity (Wildman–Crippen MR) is 79.5 cm³/mol. The summed E-state index contributed by atoms with van der Waals surface area (Å²) in [5.41, 5.74) is 8.21. The van der Waals surface area contributed by atoms with Gasteiger partial charge < -0.3 is 15.4 Å². The van der Waals surface area contributed by atoms with Gasteiger partial charge in [-0.05, 0) is 37.0 Å². The third kappa shape index (κ3) is 3.12. The highest BCUT2D eigenvalue weighted by Gasteiger charge is 2.32. The van der Waals surface area contributed by atoms with Crippen molar-refractivity contribution in [3.63, 3.8) is 0 Å². The van der Waals surface area contributed by atoms with Crippen LogP contribution in [0.5, 0.6) is 5.75 Å². The molecule has 0 radical (unpaired) electrons. The van der Waals surface area contributed by atoms with Crippen LogP contribution in [0.4, 0.5) is 0 Å². The Balaban J connectivity index is 2.02. The zero-order valence-electron chi connectivity index (χ0n) is 12.6. The van der Waals surface area contributed by atoms with Crippen LogP contribution >= 0.6 is 0 Å². The van der Waals surface area contributed by atoms with E-state index in [0.717, 1.165) is 36.1 Å². The van der Waals surface area contributed by atoms with Crippen LogP contribution in [0.3, 0.4) is 0 Å². The zero-order valence-corrected chi connectivity index (χ0v) is 12.6. The van der Waals surface area contributed by atoms with E-state index in [1.807, 2.05) is 26.1 Å². The van der Waals surface area contributed by atoms with E-state index in [1.165, 1.54) is 0 Å². The monoisotopic (exact) mass is 276 g/mol. The summed E-state index contributed by atoms with van der Waals surface area (Å²) in [5, 5.41) is 0. The van der Waals surface area contributed by atoms with Gasteiger partial charge in [0.05, 0.1) is 13.0 Å². The van der Waals surface area contributed by atoms with Gasteiger partial charge >= 0.3 is 0 Å². The van der Waals surface area contributed by atoms with E-state index in [2.05, 4.69) is 6.07 Å². The summed E-state index contributed by atoms with van der Waals surface area (Å²) >= 11 is 0. The summed E-state index contributed by atoms with van der Waals surface area (Å²) in [5.74, 6) is 1.04. The first-order chi connectivity index (χ1) is 9.52. The fourth-order valence-electron chi connectivity index (χ4n) is 2.97. The van der Waals surface area contributed by atoms with E-state index < -0.39 is 0 Å². The normalized spacial score (nSPS) is 21.8. The molecule has 0 aromatic heterocycles. The van der Waals surface area contributed by atoms with Crippen LogP contribution < -0.4 is 10.5 Å². The molecule has 2 rings (SSSR count). The van der Waals surface area contributed by atoms with Crippen molar-refractivity contribution in [2.75, 3.05) is 14.2 Å². The van der Waals surface area contributed by atoms with Crippen LogP contribution in [0.1, 0.15) is 30.4 Å². The van der Waals surface area contributed by atoms with Crippen molar-refractivity contribution < 1.29 is 9.53 Å². The smallest absolute Gasteiger partial charge is 0.227 e. The molecule has 4 heteroatoms. The van der Waals surface area contributed by atoms with Gasteiger partial charge in [0.2, 0.25) is 5.91 Å². The highest BCUT2D eigenvalue weighted by molar-refractivity contribution is 5.79. The highest BCUT2D eigenvalue weighted by atomic mass is 16.5. The first kappa shape index (κ1) is 14.9. The molecule has 0 spiro atoms. The van der Waals surface area contributed by atoms with Crippen LogP contribution in [0.15, 0.2) is 18.2 Å². The summed E-state index contributed by atoms with van der Waals surface area (Å²) in [6.45, 7) is 2.63. The van der Waals surface area contributed by atoms with E-state index >= 15 is 0 Å². The summed E-state index contributed by atoms with van der Waals surface area (Å²) in [4.78, 5) is 14.2. The molecule has 2 atom stereocenters. The van der Waals surface area contributed by atoms with Gasteiger partial charge in [0, 0.05) is 19.6 Å². The third-order valence-corrected chi connectivity index (χ3v) is 4.14. The molecule has 1 aliphatic carbocycles. The van der Waals surface area contributed by atoms with Crippen molar-refractivity contribution in [3.05, 3.63) is 29.3 Å². The molecule has 1 aromatic carbocycles. The van der Waals surface area contributed by atoms with Gasteiger partial charge in [-0.3, -0.25) is 4.79 Å². The minimum Gasteiger partial charge on any atom is -0.496 e. The topological polar surface area (TPSA) is 55.6 Å². The molecule has 1 amide bonds. The maximum absolute atomic E-state index is 12.4. The quantitative estimate of drug-likeness (QED) is 0.916. The molecule has 0 aliphatic heterocycles. The molecule has 1 saturated carbocycles. The number of benzene rings is 1. The second-order valence-corrected chi connectivity index (χ2v) is 5.70. The number of carbonyl (C=O) groups is 1.